The quantitative estimate of drug-likeness (QED) is 0.761. The van der Waals surface area contributed by atoms with E-state index in [9.17, 15) is 4.79 Å². The van der Waals surface area contributed by atoms with Crippen LogP contribution in [0.1, 0.15) is 0 Å². The van der Waals surface area contributed by atoms with Crippen LogP contribution in [-0.4, -0.2) is 20.6 Å². The molecule has 0 aliphatic heterocycles. The number of pyridine rings is 1. The third-order valence-electron chi connectivity index (χ3n) is 2.65. The fraction of sp³-hybridized carbons (Fsp3) is 0. The summed E-state index contributed by atoms with van der Waals surface area (Å²) in [6.45, 7) is 0. The maximum absolute atomic E-state index is 11.9. The number of hydrogen-bond donors (Lipinski definition) is 2. The van der Waals surface area contributed by atoms with E-state index in [1.807, 2.05) is 0 Å². The van der Waals surface area contributed by atoms with Crippen LogP contribution in [-0.2, 0) is 0 Å². The van der Waals surface area contributed by atoms with E-state index in [1.165, 1.54) is 6.33 Å². The average Bonchev–Trinajstić information content (AvgIpc) is 2.91. The Kier molecular flexibility index (Phi) is 3.22. The van der Waals surface area contributed by atoms with Gasteiger partial charge in [0.2, 0.25) is 0 Å². The minimum absolute atomic E-state index is 0.358. The second kappa shape index (κ2) is 5.18. The third kappa shape index (κ3) is 2.55. The molecule has 6 nitrogen and oxygen atoms in total. The first-order chi connectivity index (χ1) is 9.72. The number of benzene rings is 1. The molecule has 7 heteroatoms. The van der Waals surface area contributed by atoms with Gasteiger partial charge in [0.25, 0.3) is 0 Å². The highest BCUT2D eigenvalue weighted by atomic mass is 35.5. The summed E-state index contributed by atoms with van der Waals surface area (Å²) in [5, 5.41) is 10.1. The van der Waals surface area contributed by atoms with E-state index in [4.69, 9.17) is 11.6 Å². The van der Waals surface area contributed by atoms with E-state index >= 15 is 0 Å². The van der Waals surface area contributed by atoms with E-state index in [-0.39, 0.29) is 6.03 Å². The van der Waals surface area contributed by atoms with Crippen LogP contribution in [0.5, 0.6) is 0 Å². The highest BCUT2D eigenvalue weighted by molar-refractivity contribution is 6.30. The monoisotopic (exact) mass is 287 g/mol. The average molecular weight is 288 g/mol. The largest absolute Gasteiger partial charge is 0.323 e. The molecule has 0 saturated carbocycles. The minimum Gasteiger partial charge on any atom is -0.308 e. The molecule has 0 spiro atoms. The Morgan fingerprint density at radius 1 is 1.15 bits per heavy atom. The molecule has 0 aliphatic rings. The van der Waals surface area contributed by atoms with Crippen molar-refractivity contribution in [3.63, 3.8) is 0 Å². The first-order valence-electron chi connectivity index (χ1n) is 5.84. The van der Waals surface area contributed by atoms with Crippen molar-refractivity contribution in [1.29, 1.82) is 0 Å². The lowest BCUT2D eigenvalue weighted by Crippen LogP contribution is -2.19. The van der Waals surface area contributed by atoms with E-state index < -0.39 is 0 Å². The van der Waals surface area contributed by atoms with Gasteiger partial charge in [-0.15, -0.1) is 0 Å². The maximum Gasteiger partial charge on any atom is 0.323 e. The molecule has 2 amide bonds. The molecule has 3 rings (SSSR count). The summed E-state index contributed by atoms with van der Waals surface area (Å²) in [6.07, 6.45) is 3.18. The van der Waals surface area contributed by atoms with Gasteiger partial charge >= 0.3 is 6.03 Å². The SMILES string of the molecule is O=C(Nc1ccc(Cl)cc1)Nc1cccn2ncnc12. The van der Waals surface area contributed by atoms with Crippen LogP contribution in [0.4, 0.5) is 16.2 Å². The van der Waals surface area contributed by atoms with Gasteiger partial charge in [-0.25, -0.2) is 14.3 Å². The van der Waals surface area contributed by atoms with Crippen molar-refractivity contribution in [2.24, 2.45) is 0 Å². The summed E-state index contributed by atoms with van der Waals surface area (Å²) in [4.78, 5) is 16.0. The van der Waals surface area contributed by atoms with Crippen LogP contribution < -0.4 is 10.6 Å². The molecule has 3 aromatic rings. The molecule has 100 valence electrons. The van der Waals surface area contributed by atoms with Crippen LogP contribution in [0.3, 0.4) is 0 Å². The van der Waals surface area contributed by atoms with Gasteiger partial charge in [-0.1, -0.05) is 11.6 Å². The minimum atomic E-state index is -0.358. The van der Waals surface area contributed by atoms with Gasteiger partial charge < -0.3 is 10.6 Å². The Bertz CT molecular complexity index is 753. The Hall–Kier alpha value is -2.60. The van der Waals surface area contributed by atoms with Crippen molar-refractivity contribution in [3.8, 4) is 0 Å². The van der Waals surface area contributed by atoms with E-state index in [1.54, 1.807) is 47.1 Å². The smallest absolute Gasteiger partial charge is 0.308 e. The molecule has 0 aliphatic carbocycles. The number of fused-ring (bicyclic) bond motifs is 1. The number of aromatic nitrogens is 3. The molecule has 0 fully saturated rings. The summed E-state index contributed by atoms with van der Waals surface area (Å²) in [5.74, 6) is 0. The lowest BCUT2D eigenvalue weighted by molar-refractivity contribution is 0.262. The Balaban J connectivity index is 1.76. The first kappa shape index (κ1) is 12.4. The number of amides is 2. The predicted octanol–water partition coefficient (Wildman–Crippen LogP) is 3.03. The summed E-state index contributed by atoms with van der Waals surface area (Å²) in [5.41, 5.74) is 1.82. The van der Waals surface area contributed by atoms with Gasteiger partial charge in [-0.3, -0.25) is 0 Å². The molecule has 2 N–H and O–H groups in total. The van der Waals surface area contributed by atoms with Crippen LogP contribution in [0.2, 0.25) is 5.02 Å². The lowest BCUT2D eigenvalue weighted by atomic mass is 10.3. The van der Waals surface area contributed by atoms with Gasteiger partial charge in [0.1, 0.15) is 6.33 Å². The van der Waals surface area contributed by atoms with Crippen molar-refractivity contribution in [2.75, 3.05) is 10.6 Å². The first-order valence-corrected chi connectivity index (χ1v) is 6.22. The summed E-state index contributed by atoms with van der Waals surface area (Å²) < 4.78 is 1.58. The predicted molar refractivity (Wildman–Crippen MR) is 77.1 cm³/mol. The van der Waals surface area contributed by atoms with Crippen molar-refractivity contribution in [1.82, 2.24) is 14.6 Å². The molecule has 0 radical (unpaired) electrons. The van der Waals surface area contributed by atoms with Gasteiger partial charge in [0.15, 0.2) is 5.65 Å². The maximum atomic E-state index is 11.9. The van der Waals surface area contributed by atoms with Gasteiger partial charge in [0, 0.05) is 16.9 Å². The van der Waals surface area contributed by atoms with Crippen molar-refractivity contribution >= 4 is 34.7 Å². The molecule has 2 heterocycles. The number of urea groups is 1. The second-order valence-electron chi connectivity index (χ2n) is 4.04. The zero-order chi connectivity index (χ0) is 13.9. The number of carbonyl (C=O) groups excluding carboxylic acids is 1. The van der Waals surface area contributed by atoms with Crippen molar-refractivity contribution in [2.45, 2.75) is 0 Å². The van der Waals surface area contributed by atoms with Gasteiger partial charge in [-0.05, 0) is 36.4 Å². The van der Waals surface area contributed by atoms with Crippen LogP contribution >= 0.6 is 11.6 Å². The molecule has 0 bridgehead atoms. The third-order valence-corrected chi connectivity index (χ3v) is 2.91. The van der Waals surface area contributed by atoms with Gasteiger partial charge in [0.05, 0.1) is 5.69 Å². The highest BCUT2D eigenvalue weighted by Gasteiger charge is 2.07. The van der Waals surface area contributed by atoms with Crippen molar-refractivity contribution < 1.29 is 4.79 Å². The second-order valence-corrected chi connectivity index (χ2v) is 4.47. The van der Waals surface area contributed by atoms with E-state index in [0.29, 0.717) is 22.0 Å². The Morgan fingerprint density at radius 3 is 2.75 bits per heavy atom. The fourth-order valence-electron chi connectivity index (χ4n) is 1.76. The summed E-state index contributed by atoms with van der Waals surface area (Å²) in [7, 11) is 0. The van der Waals surface area contributed by atoms with E-state index in [0.717, 1.165) is 0 Å². The summed E-state index contributed by atoms with van der Waals surface area (Å²) in [6, 6.07) is 10.0. The number of anilines is 2. The number of halogens is 1. The molecule has 2 aromatic heterocycles. The van der Waals surface area contributed by atoms with Crippen LogP contribution in [0, 0.1) is 0 Å². The van der Waals surface area contributed by atoms with Crippen LogP contribution in [0.15, 0.2) is 48.9 Å². The fourth-order valence-corrected chi connectivity index (χ4v) is 1.89. The van der Waals surface area contributed by atoms with Crippen molar-refractivity contribution in [3.05, 3.63) is 53.9 Å². The topological polar surface area (TPSA) is 71.3 Å². The Labute approximate surface area is 119 Å². The normalized spacial score (nSPS) is 10.4. The van der Waals surface area contributed by atoms with E-state index in [2.05, 4.69) is 20.7 Å². The number of nitrogens with zero attached hydrogens (tertiary/aromatic N) is 3. The van der Waals surface area contributed by atoms with Crippen LogP contribution in [0.25, 0.3) is 5.65 Å². The molecule has 1 aromatic carbocycles. The Morgan fingerprint density at radius 2 is 1.95 bits per heavy atom. The number of rotatable bonds is 2. The van der Waals surface area contributed by atoms with Gasteiger partial charge in [-0.2, -0.15) is 5.10 Å². The molecule has 20 heavy (non-hydrogen) atoms. The standard InChI is InChI=1S/C13H10ClN5O/c14-9-3-5-10(6-4-9)17-13(20)18-11-2-1-7-19-12(11)15-8-16-19/h1-8H,(H2,17,18,20). The number of nitrogens with one attached hydrogen (secondary N) is 2. The number of hydrogen-bond acceptors (Lipinski definition) is 3. The zero-order valence-corrected chi connectivity index (χ0v) is 11.0. The molecular formula is C13H10ClN5O. The molecule has 0 unspecified atom stereocenters. The molecule has 0 atom stereocenters. The molecular weight excluding hydrogens is 278 g/mol. The summed E-state index contributed by atoms with van der Waals surface area (Å²) >= 11 is 5.78. The zero-order valence-electron chi connectivity index (χ0n) is 10.2. The number of carbonyl (C=O) groups is 1. The molecule has 0 saturated heterocycles. The highest BCUT2D eigenvalue weighted by Crippen LogP contribution is 2.16. The lowest BCUT2D eigenvalue weighted by Gasteiger charge is -2.08.